The Labute approximate surface area is 94.3 Å². The standard InChI is InChI=1S/C10H26N3OP/c1-9(2,3)11-15(14,13(7)8)12-10(4,5)6/h1-8H3,(H2,11,12,14). The van der Waals surface area contributed by atoms with Crippen molar-refractivity contribution in [2.75, 3.05) is 14.1 Å². The first-order chi connectivity index (χ1) is 6.36. The van der Waals surface area contributed by atoms with Crippen LogP contribution in [0.4, 0.5) is 0 Å². The Morgan fingerprint density at radius 3 is 1.27 bits per heavy atom. The van der Waals surface area contributed by atoms with Gasteiger partial charge in [0, 0.05) is 11.1 Å². The molecule has 0 heterocycles. The fourth-order valence-electron chi connectivity index (χ4n) is 1.14. The summed E-state index contributed by atoms with van der Waals surface area (Å²) in [5, 5.41) is 6.32. The van der Waals surface area contributed by atoms with Crippen molar-refractivity contribution in [1.82, 2.24) is 14.8 Å². The minimum atomic E-state index is -2.70. The topological polar surface area (TPSA) is 44.4 Å². The highest BCUT2D eigenvalue weighted by atomic mass is 31.2. The van der Waals surface area contributed by atoms with Gasteiger partial charge in [0.2, 0.25) is 0 Å². The van der Waals surface area contributed by atoms with E-state index in [9.17, 15) is 4.57 Å². The van der Waals surface area contributed by atoms with Gasteiger partial charge in [0.05, 0.1) is 0 Å². The van der Waals surface area contributed by atoms with Crippen molar-refractivity contribution in [3.63, 3.8) is 0 Å². The van der Waals surface area contributed by atoms with Crippen LogP contribution in [0.2, 0.25) is 0 Å². The van der Waals surface area contributed by atoms with Crippen LogP contribution < -0.4 is 10.2 Å². The van der Waals surface area contributed by atoms with Crippen LogP contribution in [-0.2, 0) is 4.57 Å². The lowest BCUT2D eigenvalue weighted by atomic mass is 10.1. The van der Waals surface area contributed by atoms with E-state index < -0.39 is 7.59 Å². The van der Waals surface area contributed by atoms with Crippen molar-refractivity contribution in [1.29, 1.82) is 0 Å². The molecule has 0 saturated carbocycles. The summed E-state index contributed by atoms with van der Waals surface area (Å²) < 4.78 is 14.4. The zero-order valence-corrected chi connectivity index (χ0v) is 12.2. The molecule has 0 unspecified atom stereocenters. The van der Waals surface area contributed by atoms with E-state index in [1.165, 1.54) is 0 Å². The van der Waals surface area contributed by atoms with Crippen LogP contribution in [0.15, 0.2) is 0 Å². The molecule has 0 rings (SSSR count). The van der Waals surface area contributed by atoms with E-state index >= 15 is 0 Å². The maximum atomic E-state index is 12.6. The van der Waals surface area contributed by atoms with E-state index in [0.717, 1.165) is 0 Å². The first kappa shape index (κ1) is 15.1. The molecule has 0 atom stereocenters. The van der Waals surface area contributed by atoms with Crippen molar-refractivity contribution in [3.8, 4) is 0 Å². The van der Waals surface area contributed by atoms with Gasteiger partial charge in [-0.15, -0.1) is 0 Å². The van der Waals surface area contributed by atoms with Gasteiger partial charge in [-0.2, -0.15) is 0 Å². The second kappa shape index (κ2) is 4.54. The van der Waals surface area contributed by atoms with Gasteiger partial charge >= 0.3 is 0 Å². The maximum absolute atomic E-state index is 12.6. The van der Waals surface area contributed by atoms with Crippen LogP contribution in [0.5, 0.6) is 0 Å². The third-order valence-corrected chi connectivity index (χ3v) is 4.61. The molecule has 0 aromatic carbocycles. The molecule has 0 fully saturated rings. The molecule has 0 radical (unpaired) electrons. The summed E-state index contributed by atoms with van der Waals surface area (Å²) in [7, 11) is 0.934. The number of hydrogen-bond donors (Lipinski definition) is 2. The smallest absolute Gasteiger partial charge is 0.271 e. The Hall–Kier alpha value is 0.110. The van der Waals surface area contributed by atoms with Crippen molar-refractivity contribution >= 4 is 7.59 Å². The average molecular weight is 235 g/mol. The minimum absolute atomic E-state index is 0.182. The van der Waals surface area contributed by atoms with Gasteiger partial charge in [-0.05, 0) is 55.6 Å². The highest BCUT2D eigenvalue weighted by molar-refractivity contribution is 7.57. The van der Waals surface area contributed by atoms with Gasteiger partial charge < -0.3 is 0 Å². The molecule has 0 aliphatic rings. The monoisotopic (exact) mass is 235 g/mol. The summed E-state index contributed by atoms with van der Waals surface area (Å²) in [4.78, 5) is 0. The zero-order chi connectivity index (χ0) is 12.5. The lowest BCUT2D eigenvalue weighted by molar-refractivity contribution is 0.406. The summed E-state index contributed by atoms with van der Waals surface area (Å²) in [6.45, 7) is 12.0. The molecular weight excluding hydrogens is 209 g/mol. The highest BCUT2D eigenvalue weighted by Crippen LogP contribution is 2.42. The molecule has 4 nitrogen and oxygen atoms in total. The van der Waals surface area contributed by atoms with Crippen LogP contribution in [0.1, 0.15) is 41.5 Å². The fourth-order valence-corrected chi connectivity index (χ4v) is 3.41. The Kier molecular flexibility index (Phi) is 4.57. The molecule has 0 aliphatic heterocycles. The summed E-state index contributed by atoms with van der Waals surface area (Å²) in [6.07, 6.45) is 0. The number of nitrogens with zero attached hydrogens (tertiary/aromatic N) is 1. The Morgan fingerprint density at radius 2 is 1.13 bits per heavy atom. The largest absolute Gasteiger partial charge is 0.282 e. The van der Waals surface area contributed by atoms with E-state index in [4.69, 9.17) is 0 Å². The second-order valence-corrected chi connectivity index (χ2v) is 8.55. The SMILES string of the molecule is CN(C)P(=O)(NC(C)(C)C)NC(C)(C)C. The molecule has 0 aromatic rings. The van der Waals surface area contributed by atoms with E-state index in [0.29, 0.717) is 0 Å². The third kappa shape index (κ3) is 6.31. The van der Waals surface area contributed by atoms with Crippen LogP contribution in [-0.4, -0.2) is 29.8 Å². The summed E-state index contributed by atoms with van der Waals surface area (Å²) >= 11 is 0. The van der Waals surface area contributed by atoms with E-state index in [-0.39, 0.29) is 11.1 Å². The van der Waals surface area contributed by atoms with Crippen LogP contribution >= 0.6 is 7.59 Å². The van der Waals surface area contributed by atoms with E-state index in [2.05, 4.69) is 10.2 Å². The van der Waals surface area contributed by atoms with Gasteiger partial charge in [0.1, 0.15) is 0 Å². The van der Waals surface area contributed by atoms with E-state index in [1.54, 1.807) is 4.67 Å². The number of nitrogens with one attached hydrogen (secondary N) is 2. The predicted molar refractivity (Wildman–Crippen MR) is 67.1 cm³/mol. The molecule has 92 valence electrons. The Balaban J connectivity index is 4.86. The summed E-state index contributed by atoms with van der Waals surface area (Å²) in [6, 6.07) is 0. The lowest BCUT2D eigenvalue weighted by Crippen LogP contribution is -2.47. The average Bonchev–Trinajstić information content (AvgIpc) is 1.75. The maximum Gasteiger partial charge on any atom is 0.282 e. The van der Waals surface area contributed by atoms with Gasteiger partial charge in [-0.25, -0.2) is 14.8 Å². The lowest BCUT2D eigenvalue weighted by Gasteiger charge is -2.37. The second-order valence-electron chi connectivity index (χ2n) is 6.15. The van der Waals surface area contributed by atoms with Gasteiger partial charge in [-0.1, -0.05) is 0 Å². The fraction of sp³-hybridized carbons (Fsp3) is 1.00. The quantitative estimate of drug-likeness (QED) is 0.737. The summed E-state index contributed by atoms with van der Waals surface area (Å²) in [5.41, 5.74) is -0.365. The van der Waals surface area contributed by atoms with Crippen molar-refractivity contribution in [2.45, 2.75) is 52.6 Å². The van der Waals surface area contributed by atoms with Gasteiger partial charge in [0.25, 0.3) is 7.59 Å². The molecule has 0 saturated heterocycles. The molecule has 5 heteroatoms. The molecule has 0 amide bonds. The zero-order valence-electron chi connectivity index (χ0n) is 11.3. The molecule has 2 N–H and O–H groups in total. The molecule has 0 bridgehead atoms. The normalized spacial score (nSPS) is 14.7. The van der Waals surface area contributed by atoms with Crippen molar-refractivity contribution in [2.24, 2.45) is 0 Å². The molecule has 0 spiro atoms. The van der Waals surface area contributed by atoms with Crippen LogP contribution in [0.25, 0.3) is 0 Å². The highest BCUT2D eigenvalue weighted by Gasteiger charge is 2.33. The minimum Gasteiger partial charge on any atom is -0.271 e. The third-order valence-electron chi connectivity index (χ3n) is 1.54. The first-order valence-electron chi connectivity index (χ1n) is 5.22. The number of hydrogen-bond acceptors (Lipinski definition) is 1. The molecular formula is C10H26N3OP. The predicted octanol–water partition coefficient (Wildman–Crippen LogP) is 2.43. The Morgan fingerprint density at radius 1 is 0.867 bits per heavy atom. The first-order valence-corrected chi connectivity index (χ1v) is 6.88. The van der Waals surface area contributed by atoms with Gasteiger partial charge in [0.15, 0.2) is 0 Å². The summed E-state index contributed by atoms with van der Waals surface area (Å²) in [5.74, 6) is 0. The van der Waals surface area contributed by atoms with Crippen molar-refractivity contribution < 1.29 is 4.57 Å². The molecule has 15 heavy (non-hydrogen) atoms. The number of rotatable bonds is 3. The van der Waals surface area contributed by atoms with E-state index in [1.807, 2.05) is 55.6 Å². The van der Waals surface area contributed by atoms with Crippen molar-refractivity contribution in [3.05, 3.63) is 0 Å². The molecule has 0 aliphatic carbocycles. The Bertz CT molecular complexity index is 230. The van der Waals surface area contributed by atoms with Gasteiger partial charge in [-0.3, -0.25) is 4.57 Å². The molecule has 0 aromatic heterocycles. The van der Waals surface area contributed by atoms with Crippen LogP contribution in [0, 0.1) is 0 Å². The van der Waals surface area contributed by atoms with Crippen LogP contribution in [0.3, 0.4) is 0 Å².